The van der Waals surface area contributed by atoms with Crippen molar-refractivity contribution in [3.05, 3.63) is 71.9 Å². The van der Waals surface area contributed by atoms with Gasteiger partial charge in [-0.05, 0) is 62.1 Å². The molecule has 1 aliphatic heterocycles. The summed E-state index contributed by atoms with van der Waals surface area (Å²) in [5.74, 6) is 0. The third kappa shape index (κ3) is 17.1. The maximum absolute atomic E-state index is 6.87. The van der Waals surface area contributed by atoms with Crippen LogP contribution in [0, 0.1) is 0 Å². The molecule has 1 aliphatic carbocycles. The smallest absolute Gasteiger partial charge is 0.399 e. The molecule has 5 rings (SSSR count). The first-order valence-corrected chi connectivity index (χ1v) is 27.7. The highest BCUT2D eigenvalue weighted by atomic mass is 16.7. The van der Waals surface area contributed by atoms with Crippen molar-refractivity contribution in [2.24, 2.45) is 0 Å². The number of rotatable bonds is 26. The van der Waals surface area contributed by atoms with Crippen LogP contribution in [0.1, 0.15) is 52.7 Å². The molecule has 0 amide bonds. The van der Waals surface area contributed by atoms with Crippen molar-refractivity contribution in [2.45, 2.75) is 58.2 Å². The van der Waals surface area contributed by atoms with Crippen molar-refractivity contribution >= 4 is 381 Å². The highest BCUT2D eigenvalue weighted by Gasteiger charge is 2.61. The summed E-state index contributed by atoms with van der Waals surface area (Å²) in [5, 5.41) is 0. The van der Waals surface area contributed by atoms with E-state index in [1.807, 2.05) is 6.20 Å². The summed E-state index contributed by atoms with van der Waals surface area (Å²) in [6, 6.07) is 19.6. The normalized spacial score (nSPS) is 13.5. The number of pyridine rings is 1. The number of aromatic nitrogens is 1. The van der Waals surface area contributed by atoms with Gasteiger partial charge in [0.25, 0.3) is 0 Å². The van der Waals surface area contributed by atoms with Crippen molar-refractivity contribution in [2.75, 3.05) is 0 Å². The average Bonchev–Trinajstić information content (AvgIpc) is 3.70. The van der Waals surface area contributed by atoms with Crippen molar-refractivity contribution in [3.63, 3.8) is 0 Å². The van der Waals surface area contributed by atoms with Gasteiger partial charge in [-0.3, -0.25) is 4.98 Å². The molecule has 0 unspecified atom stereocenters. The van der Waals surface area contributed by atoms with E-state index in [2.05, 4.69) is 96.1 Å². The number of nitrogens with zero attached hydrogens (tertiary/aromatic N) is 1. The van der Waals surface area contributed by atoms with Crippen molar-refractivity contribution in [1.29, 1.82) is 0 Å². The molecule has 3 aromatic rings. The van der Waals surface area contributed by atoms with Gasteiger partial charge in [0.1, 0.15) is 0 Å². The van der Waals surface area contributed by atoms with Gasteiger partial charge in [0.05, 0.1) is 16.9 Å². The Hall–Kier alpha value is 0.952. The molecule has 1 saturated heterocycles. The second kappa shape index (κ2) is 31.3. The number of benzene rings is 2. The van der Waals surface area contributed by atoms with Crippen molar-refractivity contribution in [1.82, 2.24) is 4.98 Å². The Labute approximate surface area is 543 Å². The Kier molecular flexibility index (Phi) is 28.8. The lowest BCUT2D eigenvalue weighted by atomic mass is 8.24. The van der Waals surface area contributed by atoms with Crippen molar-refractivity contribution < 1.29 is 9.31 Å². The van der Waals surface area contributed by atoms with Crippen LogP contribution in [0.4, 0.5) is 0 Å². The van der Waals surface area contributed by atoms with Gasteiger partial charge in [-0.15, -0.1) is 0 Å². The largest absolute Gasteiger partial charge is 0.496 e. The average molecular weight is 960 g/mol. The maximum atomic E-state index is 6.87. The van der Waals surface area contributed by atoms with Crippen LogP contribution in [0.3, 0.4) is 0 Å². The molecule has 1 aromatic heterocycles. The first-order chi connectivity index (χ1) is 37.7. The molecule has 54 radical (unpaired) electrons. The Morgan fingerprint density at radius 3 is 0.988 bits per heavy atom. The molecule has 0 spiro atoms. The van der Waals surface area contributed by atoms with Crippen molar-refractivity contribution in [3.8, 4) is 22.4 Å². The summed E-state index contributed by atoms with van der Waals surface area (Å²) in [4.78, 5) is 4.75. The van der Waals surface area contributed by atoms with E-state index in [-0.39, 0.29) is 23.7 Å². The van der Waals surface area contributed by atoms with Crippen LogP contribution in [0.15, 0.2) is 60.8 Å². The molecule has 0 bridgehead atoms. The summed E-state index contributed by atoms with van der Waals surface area (Å²) in [6.45, 7) is 12.9. The Morgan fingerprint density at radius 2 is 0.659 bits per heavy atom. The predicted octanol–water partition coefficient (Wildman–Crippen LogP) is -14.4. The van der Waals surface area contributed by atoms with Crippen LogP contribution in [0.2, 0.25) is 0 Å². The molecule has 2 heterocycles. The molecule has 0 N–H and O–H groups in total. The zero-order valence-corrected chi connectivity index (χ0v) is 48.6. The Bertz CT molecular complexity index is 2290. The lowest BCUT2D eigenvalue weighted by Gasteiger charge is -2.57. The van der Waals surface area contributed by atoms with E-state index in [0.29, 0.717) is 0 Å². The van der Waals surface area contributed by atoms with Gasteiger partial charge in [-0.1, -0.05) is 56.3 Å². The lowest BCUT2D eigenvalue weighted by Crippen LogP contribution is -2.95. The topological polar surface area (TPSA) is 31.4 Å². The highest BCUT2D eigenvalue weighted by molar-refractivity contribution is 8.36. The fourth-order valence-corrected chi connectivity index (χ4v) is 13.3. The molecular weight excluding hydrogens is 931 g/mol. The third-order valence-corrected chi connectivity index (χ3v) is 17.9. The van der Waals surface area contributed by atoms with Gasteiger partial charge >= 0.3 is 7.12 Å². The fraction of sp³-hybridized carbons (Fsp3) is 0.346. The summed E-state index contributed by atoms with van der Waals surface area (Å²) in [6.07, 6.45) is -31.1. The molecule has 1 fully saturated rings. The summed E-state index contributed by atoms with van der Waals surface area (Å²) < 4.78 is 12.3. The zero-order chi connectivity index (χ0) is 62.7. The molecule has 0 saturated carbocycles. The molecule has 3 nitrogen and oxygen atoms in total. The van der Waals surface area contributed by atoms with E-state index in [9.17, 15) is 0 Å². The Morgan fingerprint density at radius 1 is 0.341 bits per heavy atom. The number of hydrogen-bond donors (Lipinski definition) is 0. The van der Waals surface area contributed by atoms with E-state index in [4.69, 9.17) is 223 Å². The summed E-state index contributed by atoms with van der Waals surface area (Å²) in [5.41, 5.74) is 7.75. The molecule has 56 heteroatoms. The van der Waals surface area contributed by atoms with Gasteiger partial charge in [0.15, 0.2) is 0 Å². The molecule has 0 atom stereocenters. The third-order valence-electron chi connectivity index (χ3n) is 17.9. The first-order valence-electron chi connectivity index (χ1n) is 27.7. The van der Waals surface area contributed by atoms with Gasteiger partial charge in [-0.2, -0.15) is 0 Å². The van der Waals surface area contributed by atoms with Crippen LogP contribution < -0.4 is 5.46 Å². The molecule has 82 heavy (non-hydrogen) atoms. The monoisotopic (exact) mass is 970 g/mol. The van der Waals surface area contributed by atoms with Gasteiger partial charge < -0.3 is 9.31 Å². The second-order valence-electron chi connectivity index (χ2n) is 24.4. The zero-order valence-electron chi connectivity index (χ0n) is 48.6. The van der Waals surface area contributed by atoms with Gasteiger partial charge in [0, 0.05) is 391 Å². The minimum absolute atomic E-state index is 0.00936. The van der Waals surface area contributed by atoms with Crippen LogP contribution in [0.5, 0.6) is 0 Å². The van der Waals surface area contributed by atoms with E-state index < -0.39 is 160 Å². The summed E-state index contributed by atoms with van der Waals surface area (Å²) in [7, 11) is 174. The predicted molar refractivity (Wildman–Crippen MR) is 422 cm³/mol. The maximum Gasteiger partial charge on any atom is 0.496 e. The van der Waals surface area contributed by atoms with Crippen LogP contribution in [-0.4, -0.2) is 392 Å². The fourth-order valence-electron chi connectivity index (χ4n) is 13.3. The summed E-state index contributed by atoms with van der Waals surface area (Å²) >= 11 is 0. The lowest BCUT2D eigenvalue weighted by molar-refractivity contribution is 0.00578. The van der Waals surface area contributed by atoms with Crippen LogP contribution >= 0.6 is 0 Å². The highest BCUT2D eigenvalue weighted by Crippen LogP contribution is 2.49. The first kappa shape index (κ1) is 75.4. The van der Waals surface area contributed by atoms with Crippen LogP contribution in [0.25, 0.3) is 22.4 Å². The van der Waals surface area contributed by atoms with E-state index >= 15 is 0 Å². The number of hydrogen-bond acceptors (Lipinski definition) is 3. The van der Waals surface area contributed by atoms with Crippen LogP contribution in [-0.2, 0) is 14.7 Å². The second-order valence-corrected chi connectivity index (χ2v) is 24.4. The SMILES string of the molecule is CC1(C)c2ccccc2-c2ccc(-c3ccc(B4OC(C)(C)C(C)(C)O4)cn3)cc21.[B]B([B])B([B])B(B(B([B])[B])B([B])[B])B(B(B([B])[B])B([B])[B])B(B(B(B([B])[B])B([B])[B])B(B([B])[B])B([B])[B])B(B(B([B])[B])B([B])[B])B(B([B])[B])B([B])[B]. The van der Waals surface area contributed by atoms with E-state index in [1.54, 1.807) is 0 Å². The molecule has 2 aliphatic rings. The quantitative estimate of drug-likeness (QED) is 0.0752. The minimum atomic E-state index is -1.40. The van der Waals surface area contributed by atoms with Gasteiger partial charge in [0.2, 0.25) is 0 Å². The molecule has 308 valence electrons. The van der Waals surface area contributed by atoms with Gasteiger partial charge in [-0.25, -0.2) is 0 Å². The Balaban J connectivity index is 0.000000400. The van der Waals surface area contributed by atoms with E-state index in [0.717, 1.165) is 16.7 Å². The van der Waals surface area contributed by atoms with E-state index in [1.165, 1.54) is 22.3 Å². The number of fused-ring (bicyclic) bond motifs is 3. The molecular formula is C26H28B53NO2. The molecule has 2 aromatic carbocycles. The minimum Gasteiger partial charge on any atom is -0.399 e. The standard InChI is InChI=1S/C26H28BNO2.B52/c1-24(2)21-10-8-7-9-19(21)20-13-11-17(15-22(20)24)23-14-12-18(16-28-23)27-29-25(3,4)26(5,6)30-27;1-28(2)41(27)48(42(29(3)4)30(5)6)51(47(39(23)24)40(25)26)52(49(43(31(7)8)32(9)10)44(33(11)12)34(13)14)50(45(35(15)16)36(17)18)46(37(19)20)38(21)22/h7-16H,1-6H3;.